The summed E-state index contributed by atoms with van der Waals surface area (Å²) in [6, 6.07) is 10.1. The lowest BCUT2D eigenvalue weighted by Crippen LogP contribution is -2.48. The highest BCUT2D eigenvalue weighted by Gasteiger charge is 2.62. The van der Waals surface area contributed by atoms with Gasteiger partial charge in [-0.2, -0.15) is 17.0 Å². The minimum absolute atomic E-state index is 0.0500. The van der Waals surface area contributed by atoms with E-state index in [0.717, 1.165) is 6.42 Å². The summed E-state index contributed by atoms with van der Waals surface area (Å²) in [6.45, 7) is 5.33. The maximum absolute atomic E-state index is 13.0. The molecule has 0 aromatic heterocycles. The molecule has 1 aromatic carbocycles. The zero-order chi connectivity index (χ0) is 19.2. The first kappa shape index (κ1) is 19.3. The number of likely N-dealkylation sites (N-methyl/N-ethyl adjacent to an activating group) is 1. The monoisotopic (exact) mass is 380 g/mol. The summed E-state index contributed by atoms with van der Waals surface area (Å²) in [5.74, 6) is -1.28. The summed E-state index contributed by atoms with van der Waals surface area (Å²) in [7, 11) is -1.95. The van der Waals surface area contributed by atoms with E-state index < -0.39 is 22.1 Å². The molecule has 2 aliphatic rings. The number of rotatable bonds is 6. The molecule has 0 amide bonds. The zero-order valence-electron chi connectivity index (χ0n) is 15.7. The highest BCUT2D eigenvalue weighted by molar-refractivity contribution is 7.86. The molecule has 1 saturated heterocycles. The minimum Gasteiger partial charge on any atom is -0.481 e. The van der Waals surface area contributed by atoms with Crippen molar-refractivity contribution in [3.8, 4) is 0 Å². The molecule has 7 heteroatoms. The molecule has 1 saturated carbocycles. The first-order valence-corrected chi connectivity index (χ1v) is 10.5. The van der Waals surface area contributed by atoms with Gasteiger partial charge in [0, 0.05) is 32.1 Å². The van der Waals surface area contributed by atoms with Gasteiger partial charge in [-0.3, -0.25) is 4.79 Å². The summed E-state index contributed by atoms with van der Waals surface area (Å²) >= 11 is 0. The van der Waals surface area contributed by atoms with Crippen LogP contribution in [-0.4, -0.2) is 54.8 Å². The van der Waals surface area contributed by atoms with Crippen molar-refractivity contribution in [2.45, 2.75) is 38.5 Å². The molecule has 6 nitrogen and oxygen atoms in total. The van der Waals surface area contributed by atoms with E-state index in [1.807, 2.05) is 18.2 Å². The Labute approximate surface area is 156 Å². The Balaban J connectivity index is 1.74. The van der Waals surface area contributed by atoms with Gasteiger partial charge in [0.2, 0.25) is 0 Å². The van der Waals surface area contributed by atoms with Crippen molar-refractivity contribution in [2.24, 2.45) is 11.3 Å². The van der Waals surface area contributed by atoms with E-state index in [-0.39, 0.29) is 23.9 Å². The van der Waals surface area contributed by atoms with E-state index in [4.69, 9.17) is 5.11 Å². The molecule has 0 bridgehead atoms. The number of benzene rings is 1. The van der Waals surface area contributed by atoms with Gasteiger partial charge in [0.15, 0.2) is 0 Å². The molecule has 1 aliphatic carbocycles. The predicted octanol–water partition coefficient (Wildman–Crippen LogP) is 2.33. The molecule has 144 valence electrons. The number of piperidine rings is 1. The molecule has 1 aromatic rings. The first-order chi connectivity index (χ1) is 12.1. The first-order valence-electron chi connectivity index (χ1n) is 9.10. The van der Waals surface area contributed by atoms with Gasteiger partial charge in [0.1, 0.15) is 0 Å². The lowest BCUT2D eigenvalue weighted by Gasteiger charge is -2.34. The van der Waals surface area contributed by atoms with Gasteiger partial charge in [-0.25, -0.2) is 0 Å². The highest BCUT2D eigenvalue weighted by atomic mass is 32.2. The van der Waals surface area contributed by atoms with Gasteiger partial charge in [0.05, 0.1) is 5.92 Å². The molecule has 1 N–H and O–H groups in total. The largest absolute Gasteiger partial charge is 0.481 e. The molecular weight excluding hydrogens is 352 g/mol. The smallest absolute Gasteiger partial charge is 0.306 e. The molecule has 1 heterocycles. The Hall–Kier alpha value is -1.44. The fraction of sp³-hybridized carbons (Fsp3) is 0.632. The van der Waals surface area contributed by atoms with Crippen LogP contribution in [0.4, 0.5) is 0 Å². The van der Waals surface area contributed by atoms with E-state index in [9.17, 15) is 13.2 Å². The minimum atomic E-state index is -3.59. The molecule has 1 unspecified atom stereocenters. The van der Waals surface area contributed by atoms with Crippen LogP contribution in [0, 0.1) is 11.3 Å². The molecule has 0 spiro atoms. The van der Waals surface area contributed by atoms with E-state index >= 15 is 0 Å². The molecule has 0 radical (unpaired) electrons. The van der Waals surface area contributed by atoms with Crippen LogP contribution in [-0.2, 0) is 20.4 Å². The Morgan fingerprint density at radius 3 is 2.23 bits per heavy atom. The average molecular weight is 381 g/mol. The predicted molar refractivity (Wildman–Crippen MR) is 100 cm³/mol. The van der Waals surface area contributed by atoms with Crippen molar-refractivity contribution >= 4 is 16.2 Å². The van der Waals surface area contributed by atoms with E-state index in [0.29, 0.717) is 19.4 Å². The van der Waals surface area contributed by atoms with Crippen LogP contribution in [0.5, 0.6) is 0 Å². The third-order valence-electron chi connectivity index (χ3n) is 6.26. The second-order valence-corrected chi connectivity index (χ2v) is 10.3. The van der Waals surface area contributed by atoms with Crippen molar-refractivity contribution in [1.82, 2.24) is 8.61 Å². The van der Waals surface area contributed by atoms with Gasteiger partial charge >= 0.3 is 5.97 Å². The number of carboxylic acids is 1. The zero-order valence-corrected chi connectivity index (χ0v) is 16.5. The third-order valence-corrected chi connectivity index (χ3v) is 8.19. The normalized spacial score (nSPS) is 26.8. The van der Waals surface area contributed by atoms with Gasteiger partial charge in [-0.1, -0.05) is 44.2 Å². The van der Waals surface area contributed by atoms with E-state index in [1.165, 1.54) is 14.2 Å². The summed E-state index contributed by atoms with van der Waals surface area (Å²) < 4.78 is 28.9. The summed E-state index contributed by atoms with van der Waals surface area (Å²) in [5.41, 5.74) is 1.06. The maximum atomic E-state index is 13.0. The third kappa shape index (κ3) is 3.28. The van der Waals surface area contributed by atoms with Crippen molar-refractivity contribution in [3.05, 3.63) is 35.9 Å². The number of hydrogen-bond donors (Lipinski definition) is 1. The Bertz CT molecular complexity index is 770. The van der Waals surface area contributed by atoms with Crippen molar-refractivity contribution in [2.75, 3.05) is 26.7 Å². The molecule has 1 atom stereocenters. The van der Waals surface area contributed by atoms with Gasteiger partial charge in [-0.05, 0) is 30.2 Å². The van der Waals surface area contributed by atoms with Crippen molar-refractivity contribution in [1.29, 1.82) is 0 Å². The maximum Gasteiger partial charge on any atom is 0.306 e. The summed E-state index contributed by atoms with van der Waals surface area (Å²) in [4.78, 5) is 11.1. The summed E-state index contributed by atoms with van der Waals surface area (Å²) in [5, 5.41) is 9.10. The van der Waals surface area contributed by atoms with Crippen LogP contribution >= 0.6 is 0 Å². The van der Waals surface area contributed by atoms with Crippen molar-refractivity contribution < 1.29 is 18.3 Å². The molecule has 1 aliphatic heterocycles. The SMILES string of the molecule is CN(CC1(c2ccccc2)CC1(C)C)S(=O)(=O)N1CCC(C(=O)O)CC1. The second kappa shape index (κ2) is 6.62. The Kier molecular flexibility index (Phi) is 4.92. The van der Waals surface area contributed by atoms with Crippen LogP contribution < -0.4 is 0 Å². The quantitative estimate of drug-likeness (QED) is 0.822. The Morgan fingerprint density at radius 2 is 1.77 bits per heavy atom. The number of hydrogen-bond acceptors (Lipinski definition) is 3. The number of nitrogens with zero attached hydrogens (tertiary/aromatic N) is 2. The molecular formula is C19H28N2O4S. The van der Waals surface area contributed by atoms with Crippen molar-refractivity contribution in [3.63, 3.8) is 0 Å². The second-order valence-electron chi connectivity index (χ2n) is 8.28. The van der Waals surface area contributed by atoms with Crippen LogP contribution in [0.15, 0.2) is 30.3 Å². The number of aliphatic carboxylic acids is 1. The highest BCUT2D eigenvalue weighted by Crippen LogP contribution is 2.64. The fourth-order valence-corrected chi connectivity index (χ4v) is 5.76. The van der Waals surface area contributed by atoms with E-state index in [2.05, 4.69) is 26.0 Å². The van der Waals surface area contributed by atoms with Crippen LogP contribution in [0.3, 0.4) is 0 Å². The Morgan fingerprint density at radius 1 is 1.23 bits per heavy atom. The molecule has 3 rings (SSSR count). The summed E-state index contributed by atoms with van der Waals surface area (Å²) in [6.07, 6.45) is 1.69. The molecule has 26 heavy (non-hydrogen) atoms. The van der Waals surface area contributed by atoms with E-state index in [1.54, 1.807) is 7.05 Å². The molecule has 2 fully saturated rings. The van der Waals surface area contributed by atoms with Crippen LogP contribution in [0.1, 0.15) is 38.7 Å². The standard InChI is InChI=1S/C19H28N2O4S/c1-18(2)13-19(18,16-7-5-4-6-8-16)14-20(3)26(24,25)21-11-9-15(10-12-21)17(22)23/h4-8,15H,9-14H2,1-3H3,(H,22,23). The number of carbonyl (C=O) groups is 1. The fourth-order valence-electron chi connectivity index (χ4n) is 4.31. The van der Waals surface area contributed by atoms with Gasteiger partial charge in [-0.15, -0.1) is 0 Å². The van der Waals surface area contributed by atoms with Gasteiger partial charge < -0.3 is 5.11 Å². The topological polar surface area (TPSA) is 77.9 Å². The average Bonchev–Trinajstić information content (AvgIpc) is 3.17. The number of carboxylic acid groups (broad SMARTS) is 1. The van der Waals surface area contributed by atoms with Gasteiger partial charge in [0.25, 0.3) is 10.2 Å². The van der Waals surface area contributed by atoms with Crippen LogP contribution in [0.25, 0.3) is 0 Å². The lowest BCUT2D eigenvalue weighted by atomic mass is 9.88. The lowest BCUT2D eigenvalue weighted by molar-refractivity contribution is -0.142. The van der Waals surface area contributed by atoms with Crippen LogP contribution in [0.2, 0.25) is 0 Å².